The number of carbonyl (C=O) groups excluding carboxylic acids is 1. The first-order valence-electron chi connectivity index (χ1n) is 10.9. The van der Waals surface area contributed by atoms with Gasteiger partial charge in [-0.1, -0.05) is 43.2 Å². The molecule has 0 bridgehead atoms. The van der Waals surface area contributed by atoms with Gasteiger partial charge >= 0.3 is 0 Å². The lowest BCUT2D eigenvalue weighted by Crippen LogP contribution is -2.39. The van der Waals surface area contributed by atoms with Gasteiger partial charge in [0.25, 0.3) is 5.78 Å². The van der Waals surface area contributed by atoms with Crippen molar-refractivity contribution >= 4 is 11.7 Å². The average molecular weight is 407 g/mol. The van der Waals surface area contributed by atoms with Gasteiger partial charge in [-0.2, -0.15) is 4.98 Å². The topological polar surface area (TPSA) is 75.4 Å². The maximum Gasteiger partial charge on any atom is 0.252 e. The van der Waals surface area contributed by atoms with Crippen LogP contribution in [-0.4, -0.2) is 50.0 Å². The molecule has 1 amide bonds. The second-order valence-electron chi connectivity index (χ2n) is 8.14. The van der Waals surface area contributed by atoms with Gasteiger partial charge in [-0.3, -0.25) is 9.69 Å². The normalized spacial score (nSPS) is 16.3. The van der Waals surface area contributed by atoms with E-state index >= 15 is 0 Å². The summed E-state index contributed by atoms with van der Waals surface area (Å²) in [4.78, 5) is 24.0. The standard InChI is InChI=1S/C23H30N6O/c1-17-14-18(2)29-23(25-17)26-21(27-29)15-22(30)24-16-20(19-10-6-5-7-11-19)28-12-8-3-4-9-13-28/h5-7,10-11,14,20H,3-4,8-9,12-13,15-16H2,1-2H3,(H,24,30). The van der Waals surface area contributed by atoms with Gasteiger partial charge < -0.3 is 5.32 Å². The minimum Gasteiger partial charge on any atom is -0.354 e. The van der Waals surface area contributed by atoms with Crippen LogP contribution in [0.3, 0.4) is 0 Å². The molecule has 1 saturated heterocycles. The third-order valence-corrected chi connectivity index (χ3v) is 5.74. The molecule has 0 spiro atoms. The molecule has 3 aromatic rings. The molecule has 1 aromatic carbocycles. The van der Waals surface area contributed by atoms with Crippen LogP contribution in [-0.2, 0) is 11.2 Å². The van der Waals surface area contributed by atoms with Crippen LogP contribution < -0.4 is 5.32 Å². The van der Waals surface area contributed by atoms with Crippen LogP contribution in [0.15, 0.2) is 36.4 Å². The highest BCUT2D eigenvalue weighted by Gasteiger charge is 2.22. The molecule has 0 saturated carbocycles. The Labute approximate surface area is 177 Å². The Morgan fingerprint density at radius 3 is 2.53 bits per heavy atom. The second kappa shape index (κ2) is 9.34. The highest BCUT2D eigenvalue weighted by molar-refractivity contribution is 5.77. The highest BCUT2D eigenvalue weighted by atomic mass is 16.1. The molecule has 4 rings (SSSR count). The maximum absolute atomic E-state index is 12.7. The lowest BCUT2D eigenvalue weighted by molar-refractivity contribution is -0.120. The molecule has 158 valence electrons. The number of nitrogens with one attached hydrogen (secondary N) is 1. The summed E-state index contributed by atoms with van der Waals surface area (Å²) in [6, 6.07) is 12.6. The van der Waals surface area contributed by atoms with Crippen molar-refractivity contribution in [3.63, 3.8) is 0 Å². The van der Waals surface area contributed by atoms with E-state index < -0.39 is 0 Å². The van der Waals surface area contributed by atoms with Crippen molar-refractivity contribution in [2.75, 3.05) is 19.6 Å². The number of fused-ring (bicyclic) bond motifs is 1. The lowest BCUT2D eigenvalue weighted by Gasteiger charge is -2.31. The number of rotatable bonds is 6. The monoisotopic (exact) mass is 406 g/mol. The summed E-state index contributed by atoms with van der Waals surface area (Å²) in [5, 5.41) is 7.58. The number of carbonyl (C=O) groups is 1. The van der Waals surface area contributed by atoms with Crippen molar-refractivity contribution in [1.29, 1.82) is 0 Å². The average Bonchev–Trinajstić information content (AvgIpc) is 2.94. The zero-order valence-electron chi connectivity index (χ0n) is 17.8. The first-order valence-corrected chi connectivity index (χ1v) is 10.9. The summed E-state index contributed by atoms with van der Waals surface area (Å²) in [5.41, 5.74) is 3.11. The van der Waals surface area contributed by atoms with Crippen LogP contribution in [0, 0.1) is 13.8 Å². The fourth-order valence-corrected chi connectivity index (χ4v) is 4.24. The summed E-state index contributed by atoms with van der Waals surface area (Å²) in [7, 11) is 0. The van der Waals surface area contributed by atoms with E-state index in [0.29, 0.717) is 18.1 Å². The van der Waals surface area contributed by atoms with E-state index in [1.165, 1.54) is 31.2 Å². The molecule has 7 heteroatoms. The van der Waals surface area contributed by atoms with E-state index in [-0.39, 0.29) is 18.4 Å². The van der Waals surface area contributed by atoms with E-state index in [2.05, 4.69) is 49.5 Å². The summed E-state index contributed by atoms with van der Waals surface area (Å²) in [6.07, 6.45) is 5.17. The minimum atomic E-state index is -0.0592. The molecule has 0 radical (unpaired) electrons. The predicted molar refractivity (Wildman–Crippen MR) is 116 cm³/mol. The second-order valence-corrected chi connectivity index (χ2v) is 8.14. The van der Waals surface area contributed by atoms with E-state index in [4.69, 9.17) is 0 Å². The molecule has 30 heavy (non-hydrogen) atoms. The first-order chi connectivity index (χ1) is 14.6. The Hall–Kier alpha value is -2.80. The van der Waals surface area contributed by atoms with Gasteiger partial charge in [-0.05, 0) is 51.4 Å². The number of benzene rings is 1. The maximum atomic E-state index is 12.7. The van der Waals surface area contributed by atoms with Gasteiger partial charge in [0.2, 0.25) is 5.91 Å². The fourth-order valence-electron chi connectivity index (χ4n) is 4.24. The molecule has 7 nitrogen and oxygen atoms in total. The first kappa shape index (κ1) is 20.5. The van der Waals surface area contributed by atoms with E-state index in [1.54, 1.807) is 4.52 Å². The van der Waals surface area contributed by atoms with Crippen molar-refractivity contribution < 1.29 is 4.79 Å². The van der Waals surface area contributed by atoms with Crippen molar-refractivity contribution in [1.82, 2.24) is 29.8 Å². The van der Waals surface area contributed by atoms with E-state index in [0.717, 1.165) is 24.5 Å². The minimum absolute atomic E-state index is 0.0592. The molecule has 1 aliphatic rings. The van der Waals surface area contributed by atoms with Gasteiger partial charge in [0.05, 0.1) is 12.5 Å². The van der Waals surface area contributed by atoms with E-state index in [1.807, 2.05) is 26.0 Å². The molecule has 2 aromatic heterocycles. The Balaban J connectivity index is 1.44. The SMILES string of the molecule is Cc1cc(C)n2nc(CC(=O)NCC(c3ccccc3)N3CCCCCC3)nc2n1. The molecule has 1 N–H and O–H groups in total. The molecule has 1 unspecified atom stereocenters. The van der Waals surface area contributed by atoms with Crippen LogP contribution in [0.2, 0.25) is 0 Å². The van der Waals surface area contributed by atoms with Crippen LogP contribution in [0.25, 0.3) is 5.78 Å². The number of hydrogen-bond acceptors (Lipinski definition) is 5. The number of aromatic nitrogens is 4. The quantitative estimate of drug-likeness (QED) is 0.681. The van der Waals surface area contributed by atoms with Crippen LogP contribution in [0.1, 0.15) is 54.5 Å². The summed E-state index contributed by atoms with van der Waals surface area (Å²) in [5.74, 6) is 0.984. The molecule has 1 atom stereocenters. The number of likely N-dealkylation sites (tertiary alicyclic amines) is 1. The number of hydrogen-bond donors (Lipinski definition) is 1. The van der Waals surface area contributed by atoms with Crippen LogP contribution in [0.5, 0.6) is 0 Å². The van der Waals surface area contributed by atoms with Crippen molar-refractivity contribution in [3.8, 4) is 0 Å². The predicted octanol–water partition coefficient (Wildman–Crippen LogP) is 3.02. The number of nitrogens with zero attached hydrogens (tertiary/aromatic N) is 5. The molecule has 0 aliphatic carbocycles. The van der Waals surface area contributed by atoms with Crippen molar-refractivity contribution in [2.45, 2.75) is 52.0 Å². The zero-order valence-corrected chi connectivity index (χ0v) is 17.8. The van der Waals surface area contributed by atoms with Gasteiger partial charge in [-0.25, -0.2) is 9.50 Å². The Morgan fingerprint density at radius 2 is 1.80 bits per heavy atom. The Kier molecular flexibility index (Phi) is 6.38. The van der Waals surface area contributed by atoms with Gasteiger partial charge in [0, 0.05) is 17.9 Å². The fraction of sp³-hybridized carbons (Fsp3) is 0.478. The van der Waals surface area contributed by atoms with E-state index in [9.17, 15) is 4.79 Å². The molecular formula is C23H30N6O. The smallest absolute Gasteiger partial charge is 0.252 e. The zero-order chi connectivity index (χ0) is 20.9. The molecular weight excluding hydrogens is 376 g/mol. The number of amides is 1. The summed E-state index contributed by atoms with van der Waals surface area (Å²) >= 11 is 0. The summed E-state index contributed by atoms with van der Waals surface area (Å²) < 4.78 is 1.69. The van der Waals surface area contributed by atoms with Gasteiger partial charge in [0.1, 0.15) is 0 Å². The third-order valence-electron chi connectivity index (χ3n) is 5.74. The molecule has 3 heterocycles. The third kappa shape index (κ3) is 4.84. The van der Waals surface area contributed by atoms with Crippen LogP contribution >= 0.6 is 0 Å². The largest absolute Gasteiger partial charge is 0.354 e. The van der Waals surface area contributed by atoms with Gasteiger partial charge in [0.15, 0.2) is 5.82 Å². The highest BCUT2D eigenvalue weighted by Crippen LogP contribution is 2.23. The summed E-state index contributed by atoms with van der Waals surface area (Å²) in [6.45, 7) is 6.64. The van der Waals surface area contributed by atoms with Crippen molar-refractivity contribution in [3.05, 3.63) is 59.2 Å². The Morgan fingerprint density at radius 1 is 1.07 bits per heavy atom. The lowest BCUT2D eigenvalue weighted by atomic mass is 10.0. The number of aryl methyl sites for hydroxylation is 2. The Bertz CT molecular complexity index is 992. The van der Waals surface area contributed by atoms with Crippen molar-refractivity contribution in [2.24, 2.45) is 0 Å². The molecule has 1 fully saturated rings. The molecule has 1 aliphatic heterocycles. The van der Waals surface area contributed by atoms with Crippen LogP contribution in [0.4, 0.5) is 0 Å². The van der Waals surface area contributed by atoms with Gasteiger partial charge in [-0.15, -0.1) is 5.10 Å².